The van der Waals surface area contributed by atoms with E-state index >= 15 is 0 Å². The van der Waals surface area contributed by atoms with Gasteiger partial charge >= 0.3 is 5.97 Å². The van der Waals surface area contributed by atoms with E-state index in [9.17, 15) is 4.79 Å². The molecule has 0 aliphatic rings. The third-order valence-corrected chi connectivity index (χ3v) is 0.752. The molecule has 0 fully saturated rings. The second-order valence-corrected chi connectivity index (χ2v) is 3.42. The fourth-order valence-electron chi connectivity index (χ4n) is 0.517. The summed E-state index contributed by atoms with van der Waals surface area (Å²) in [6.07, 6.45) is 1.27. The molecule has 0 aromatic heterocycles. The van der Waals surface area contributed by atoms with E-state index in [0.717, 1.165) is 0 Å². The maximum Gasteiger partial charge on any atom is 0.332 e. The fraction of sp³-hybridized carbons (Fsp3) is 0.625. The van der Waals surface area contributed by atoms with Gasteiger partial charge in [0.25, 0.3) is 0 Å². The Balaban J connectivity index is 4.00. The lowest BCUT2D eigenvalue weighted by molar-refractivity contribution is -0.148. The summed E-state index contributed by atoms with van der Waals surface area (Å²) < 4.78 is 4.95. The van der Waals surface area contributed by atoms with E-state index in [-0.39, 0.29) is 0 Å². The van der Waals surface area contributed by atoms with Gasteiger partial charge in [-0.25, -0.2) is 4.79 Å². The van der Waals surface area contributed by atoms with Gasteiger partial charge in [-0.15, -0.1) is 0 Å². The lowest BCUT2D eigenvalue weighted by Gasteiger charge is -2.17. The van der Waals surface area contributed by atoms with E-state index in [0.29, 0.717) is 5.70 Å². The van der Waals surface area contributed by atoms with Gasteiger partial charge in [-0.2, -0.15) is 0 Å². The van der Waals surface area contributed by atoms with Crippen molar-refractivity contribution < 1.29 is 9.53 Å². The topological polar surface area (TPSA) is 52.3 Å². The highest BCUT2D eigenvalue weighted by Gasteiger charge is 2.13. The Morgan fingerprint density at radius 3 is 2.18 bits per heavy atom. The van der Waals surface area contributed by atoms with Gasteiger partial charge in [0.05, 0.1) is 0 Å². The van der Waals surface area contributed by atoms with Crippen LogP contribution in [0.1, 0.15) is 27.7 Å². The molecule has 3 nitrogen and oxygen atoms in total. The van der Waals surface area contributed by atoms with Crippen LogP contribution in [0, 0.1) is 0 Å². The SMILES string of the molecule is CC(N)=CC(=O)OC(C)(C)C. The van der Waals surface area contributed by atoms with Crippen LogP contribution in [0.2, 0.25) is 0 Å². The fourth-order valence-corrected chi connectivity index (χ4v) is 0.517. The van der Waals surface area contributed by atoms with Crippen molar-refractivity contribution in [1.82, 2.24) is 0 Å². The van der Waals surface area contributed by atoms with Crippen molar-refractivity contribution in [3.05, 3.63) is 11.8 Å². The number of carbonyl (C=O) groups excluding carboxylic acids is 1. The Labute approximate surface area is 67.2 Å². The molecule has 0 atom stereocenters. The summed E-state index contributed by atoms with van der Waals surface area (Å²) >= 11 is 0. The minimum Gasteiger partial charge on any atom is -0.457 e. The summed E-state index contributed by atoms with van der Waals surface area (Å²) in [6, 6.07) is 0. The van der Waals surface area contributed by atoms with Gasteiger partial charge in [0.2, 0.25) is 0 Å². The minimum atomic E-state index is -0.441. The minimum absolute atomic E-state index is 0.391. The summed E-state index contributed by atoms with van der Waals surface area (Å²) in [5, 5.41) is 0. The van der Waals surface area contributed by atoms with Gasteiger partial charge in [-0.05, 0) is 27.7 Å². The molecule has 0 aromatic rings. The van der Waals surface area contributed by atoms with E-state index in [1.807, 2.05) is 20.8 Å². The molecule has 0 unspecified atom stereocenters. The van der Waals surface area contributed by atoms with Gasteiger partial charge in [-0.3, -0.25) is 0 Å². The van der Waals surface area contributed by atoms with Gasteiger partial charge < -0.3 is 10.5 Å². The van der Waals surface area contributed by atoms with Crippen LogP contribution in [0.5, 0.6) is 0 Å². The van der Waals surface area contributed by atoms with E-state index in [1.165, 1.54) is 6.08 Å². The highest BCUT2D eigenvalue weighted by atomic mass is 16.6. The van der Waals surface area contributed by atoms with Crippen LogP contribution >= 0.6 is 0 Å². The summed E-state index contributed by atoms with van der Waals surface area (Å²) in [4.78, 5) is 10.9. The molecule has 0 bridgehead atoms. The predicted molar refractivity (Wildman–Crippen MR) is 43.8 cm³/mol. The van der Waals surface area contributed by atoms with Gasteiger partial charge in [-0.1, -0.05) is 0 Å². The largest absolute Gasteiger partial charge is 0.457 e. The zero-order chi connectivity index (χ0) is 9.07. The van der Waals surface area contributed by atoms with Crippen LogP contribution in [0.25, 0.3) is 0 Å². The Bertz CT molecular complexity index is 173. The molecule has 3 heteroatoms. The smallest absolute Gasteiger partial charge is 0.332 e. The molecular formula is C8H15NO2. The molecule has 0 aromatic carbocycles. The van der Waals surface area contributed by atoms with Gasteiger partial charge in [0.15, 0.2) is 0 Å². The summed E-state index contributed by atoms with van der Waals surface area (Å²) in [7, 11) is 0. The van der Waals surface area contributed by atoms with Crippen molar-refractivity contribution in [2.45, 2.75) is 33.3 Å². The van der Waals surface area contributed by atoms with E-state index in [4.69, 9.17) is 10.5 Å². The second-order valence-electron chi connectivity index (χ2n) is 3.42. The molecule has 0 saturated heterocycles. The Morgan fingerprint density at radius 1 is 1.45 bits per heavy atom. The number of nitrogens with two attached hydrogens (primary N) is 1. The Morgan fingerprint density at radius 2 is 1.91 bits per heavy atom. The first kappa shape index (κ1) is 10.0. The Hall–Kier alpha value is -0.990. The van der Waals surface area contributed by atoms with Crippen LogP contribution in [-0.2, 0) is 9.53 Å². The number of carbonyl (C=O) groups is 1. The average Bonchev–Trinajstić information content (AvgIpc) is 1.53. The van der Waals surface area contributed by atoms with Crippen LogP contribution in [0.15, 0.2) is 11.8 Å². The van der Waals surface area contributed by atoms with E-state index in [1.54, 1.807) is 6.92 Å². The quantitative estimate of drug-likeness (QED) is 0.459. The monoisotopic (exact) mass is 157 g/mol. The molecule has 64 valence electrons. The first-order valence-corrected chi connectivity index (χ1v) is 3.48. The maximum atomic E-state index is 10.9. The molecule has 0 radical (unpaired) electrons. The number of allylic oxidation sites excluding steroid dienone is 1. The molecule has 2 N–H and O–H groups in total. The van der Waals surface area contributed by atoms with E-state index < -0.39 is 11.6 Å². The molecule has 11 heavy (non-hydrogen) atoms. The lowest BCUT2D eigenvalue weighted by atomic mass is 10.2. The molecular weight excluding hydrogens is 142 g/mol. The van der Waals surface area contributed by atoms with Crippen molar-refractivity contribution in [2.75, 3.05) is 0 Å². The van der Waals surface area contributed by atoms with Gasteiger partial charge in [0, 0.05) is 11.8 Å². The molecule has 0 rings (SSSR count). The summed E-state index contributed by atoms with van der Waals surface area (Å²) in [5.74, 6) is -0.391. The zero-order valence-electron chi connectivity index (χ0n) is 7.47. The van der Waals surface area contributed by atoms with Crippen LogP contribution in [0.4, 0.5) is 0 Å². The Kier molecular flexibility index (Phi) is 3.11. The molecule has 0 amide bonds. The number of rotatable bonds is 1. The first-order chi connectivity index (χ1) is 4.81. The molecule has 0 heterocycles. The molecule has 0 saturated carbocycles. The summed E-state index contributed by atoms with van der Waals surface area (Å²) in [6.45, 7) is 7.07. The zero-order valence-corrected chi connectivity index (χ0v) is 7.47. The molecule has 0 spiro atoms. The van der Waals surface area contributed by atoms with Crippen LogP contribution < -0.4 is 5.73 Å². The standard InChI is InChI=1S/C8H15NO2/c1-6(9)5-7(10)11-8(2,3)4/h5H,9H2,1-4H3. The van der Waals surface area contributed by atoms with Crippen molar-refractivity contribution in [3.63, 3.8) is 0 Å². The van der Waals surface area contributed by atoms with Gasteiger partial charge in [0.1, 0.15) is 5.60 Å². The third kappa shape index (κ3) is 6.90. The predicted octanol–water partition coefficient (Wildman–Crippen LogP) is 1.19. The second kappa shape index (κ2) is 3.42. The van der Waals surface area contributed by atoms with E-state index in [2.05, 4.69) is 0 Å². The molecule has 0 aliphatic carbocycles. The van der Waals surface area contributed by atoms with Crippen molar-refractivity contribution >= 4 is 5.97 Å². The third-order valence-electron chi connectivity index (χ3n) is 0.752. The summed E-state index contributed by atoms with van der Waals surface area (Å²) in [5.41, 5.74) is 5.29. The number of ether oxygens (including phenoxy) is 1. The number of esters is 1. The highest BCUT2D eigenvalue weighted by Crippen LogP contribution is 2.07. The average molecular weight is 157 g/mol. The lowest BCUT2D eigenvalue weighted by Crippen LogP contribution is -2.23. The highest BCUT2D eigenvalue weighted by molar-refractivity contribution is 5.82. The first-order valence-electron chi connectivity index (χ1n) is 3.48. The molecule has 0 aliphatic heterocycles. The normalized spacial score (nSPS) is 12.9. The maximum absolute atomic E-state index is 10.9. The van der Waals surface area contributed by atoms with Crippen molar-refractivity contribution in [2.24, 2.45) is 5.73 Å². The van der Waals surface area contributed by atoms with Crippen LogP contribution in [-0.4, -0.2) is 11.6 Å². The number of hydrogen-bond donors (Lipinski definition) is 1. The van der Waals surface area contributed by atoms with Crippen molar-refractivity contribution in [1.29, 1.82) is 0 Å². The number of hydrogen-bond acceptors (Lipinski definition) is 3. The van der Waals surface area contributed by atoms with Crippen molar-refractivity contribution in [3.8, 4) is 0 Å². The van der Waals surface area contributed by atoms with Crippen LogP contribution in [0.3, 0.4) is 0 Å².